The van der Waals surface area contributed by atoms with Crippen LogP contribution in [0.15, 0.2) is 6.33 Å². The fourth-order valence-electron chi connectivity index (χ4n) is 1.29. The first kappa shape index (κ1) is 12.5. The van der Waals surface area contributed by atoms with Crippen LogP contribution in [-0.2, 0) is 13.6 Å². The first-order valence-corrected chi connectivity index (χ1v) is 5.79. The van der Waals surface area contributed by atoms with Crippen LogP contribution in [0.2, 0.25) is 5.28 Å². The van der Waals surface area contributed by atoms with Crippen LogP contribution in [-0.4, -0.2) is 36.3 Å². The highest BCUT2D eigenvalue weighted by molar-refractivity contribution is 6.28. The first-order valence-electron chi connectivity index (χ1n) is 5.41. The van der Waals surface area contributed by atoms with Crippen molar-refractivity contribution < 1.29 is 0 Å². The van der Waals surface area contributed by atoms with E-state index < -0.39 is 0 Å². The van der Waals surface area contributed by atoms with E-state index in [1.807, 2.05) is 14.0 Å². The van der Waals surface area contributed by atoms with Gasteiger partial charge in [-0.15, -0.1) is 10.2 Å². The summed E-state index contributed by atoms with van der Waals surface area (Å²) in [5.41, 5.74) is 0. The Morgan fingerprint density at radius 3 is 2.56 bits per heavy atom. The number of hydrogen-bond donors (Lipinski definition) is 2. The maximum Gasteiger partial charge on any atom is 0.229 e. The topological polar surface area (TPSA) is 93.4 Å². The number of nitrogens with one attached hydrogen (secondary N) is 2. The number of aryl methyl sites for hydroxylation is 1. The fourth-order valence-corrected chi connectivity index (χ4v) is 1.45. The van der Waals surface area contributed by atoms with Gasteiger partial charge >= 0.3 is 0 Å². The van der Waals surface area contributed by atoms with Gasteiger partial charge in [0, 0.05) is 13.6 Å². The molecule has 0 unspecified atom stereocenters. The summed E-state index contributed by atoms with van der Waals surface area (Å²) in [4.78, 5) is 12.1. The van der Waals surface area contributed by atoms with Crippen molar-refractivity contribution in [3.05, 3.63) is 17.4 Å². The van der Waals surface area contributed by atoms with Crippen LogP contribution in [0.4, 0.5) is 11.9 Å². The Labute approximate surface area is 109 Å². The van der Waals surface area contributed by atoms with Crippen molar-refractivity contribution in [3.8, 4) is 0 Å². The number of anilines is 2. The molecular weight excluding hydrogens is 256 g/mol. The molecule has 0 atom stereocenters. The smallest absolute Gasteiger partial charge is 0.229 e. The average molecular weight is 269 g/mol. The van der Waals surface area contributed by atoms with Crippen molar-refractivity contribution in [1.29, 1.82) is 0 Å². The minimum atomic E-state index is 0.140. The summed E-state index contributed by atoms with van der Waals surface area (Å²) in [5, 5.41) is 13.9. The average Bonchev–Trinajstić information content (AvgIpc) is 2.72. The van der Waals surface area contributed by atoms with E-state index in [1.165, 1.54) is 0 Å². The van der Waals surface area contributed by atoms with Gasteiger partial charge in [0.25, 0.3) is 0 Å². The lowest BCUT2D eigenvalue weighted by molar-refractivity contribution is 0.806. The molecule has 0 amide bonds. The predicted molar refractivity (Wildman–Crippen MR) is 67.3 cm³/mol. The van der Waals surface area contributed by atoms with Gasteiger partial charge in [-0.1, -0.05) is 0 Å². The third kappa shape index (κ3) is 3.04. The van der Waals surface area contributed by atoms with Crippen LogP contribution < -0.4 is 10.6 Å². The second-order valence-electron chi connectivity index (χ2n) is 3.49. The van der Waals surface area contributed by atoms with E-state index in [-0.39, 0.29) is 5.28 Å². The Morgan fingerprint density at radius 2 is 1.94 bits per heavy atom. The molecule has 0 aromatic carbocycles. The number of nitrogens with zero attached hydrogens (tertiary/aromatic N) is 6. The number of halogens is 1. The third-order valence-electron chi connectivity index (χ3n) is 2.15. The molecule has 0 saturated carbocycles. The molecule has 96 valence electrons. The molecular formula is C9H13ClN8. The lowest BCUT2D eigenvalue weighted by Gasteiger charge is -2.06. The molecule has 0 fully saturated rings. The zero-order valence-corrected chi connectivity index (χ0v) is 10.8. The van der Waals surface area contributed by atoms with Crippen molar-refractivity contribution >= 4 is 23.5 Å². The monoisotopic (exact) mass is 268 g/mol. The van der Waals surface area contributed by atoms with Crippen LogP contribution >= 0.6 is 11.6 Å². The molecule has 0 saturated heterocycles. The summed E-state index contributed by atoms with van der Waals surface area (Å²) in [5.74, 6) is 1.61. The summed E-state index contributed by atoms with van der Waals surface area (Å²) in [6.45, 7) is 3.12. The van der Waals surface area contributed by atoms with Crippen LogP contribution in [0.3, 0.4) is 0 Å². The lowest BCUT2D eigenvalue weighted by Crippen LogP contribution is -2.11. The molecule has 18 heavy (non-hydrogen) atoms. The molecule has 0 spiro atoms. The van der Waals surface area contributed by atoms with Gasteiger partial charge < -0.3 is 15.2 Å². The van der Waals surface area contributed by atoms with Gasteiger partial charge in [-0.25, -0.2) is 0 Å². The van der Waals surface area contributed by atoms with Gasteiger partial charge in [0.2, 0.25) is 17.2 Å². The highest BCUT2D eigenvalue weighted by Crippen LogP contribution is 2.09. The Kier molecular flexibility index (Phi) is 3.88. The Morgan fingerprint density at radius 1 is 1.22 bits per heavy atom. The summed E-state index contributed by atoms with van der Waals surface area (Å²) in [7, 11) is 1.86. The Hall–Kier alpha value is -1.96. The van der Waals surface area contributed by atoms with Crippen LogP contribution in [0, 0.1) is 0 Å². The number of aromatic nitrogens is 6. The molecule has 2 rings (SSSR count). The highest BCUT2D eigenvalue weighted by Gasteiger charge is 2.06. The zero-order chi connectivity index (χ0) is 13.0. The summed E-state index contributed by atoms with van der Waals surface area (Å²) in [6.07, 6.45) is 1.63. The van der Waals surface area contributed by atoms with Crippen LogP contribution in [0.1, 0.15) is 12.7 Å². The van der Waals surface area contributed by atoms with Crippen LogP contribution in [0.25, 0.3) is 0 Å². The van der Waals surface area contributed by atoms with E-state index in [2.05, 4.69) is 35.8 Å². The van der Waals surface area contributed by atoms with E-state index >= 15 is 0 Å². The minimum absolute atomic E-state index is 0.140. The fraction of sp³-hybridized carbons (Fsp3) is 0.444. The van der Waals surface area contributed by atoms with Gasteiger partial charge in [0.15, 0.2) is 5.82 Å². The Bertz CT molecular complexity index is 525. The van der Waals surface area contributed by atoms with E-state index in [0.29, 0.717) is 25.0 Å². The quantitative estimate of drug-likeness (QED) is 0.824. The minimum Gasteiger partial charge on any atom is -0.354 e. The van der Waals surface area contributed by atoms with Crippen molar-refractivity contribution in [2.75, 3.05) is 17.2 Å². The van der Waals surface area contributed by atoms with Gasteiger partial charge in [0.05, 0.1) is 6.54 Å². The predicted octanol–water partition coefficient (Wildman–Crippen LogP) is 0.697. The van der Waals surface area contributed by atoms with Gasteiger partial charge in [-0.3, -0.25) is 0 Å². The van der Waals surface area contributed by atoms with Crippen molar-refractivity contribution in [2.24, 2.45) is 7.05 Å². The molecule has 0 bridgehead atoms. The summed E-state index contributed by atoms with van der Waals surface area (Å²) in [6, 6.07) is 0. The standard InChI is InChI=1S/C9H13ClN8/c1-3-11-8-14-7(10)15-9(16-8)12-4-6-17-13-5-18(6)2/h5H,3-4H2,1-2H3,(H2,11,12,14,15,16). The maximum atomic E-state index is 5.80. The van der Waals surface area contributed by atoms with Crippen molar-refractivity contribution in [3.63, 3.8) is 0 Å². The molecule has 2 aromatic rings. The molecule has 0 radical (unpaired) electrons. The first-order chi connectivity index (χ1) is 8.69. The molecule has 0 aliphatic heterocycles. The van der Waals surface area contributed by atoms with E-state index in [1.54, 1.807) is 10.9 Å². The van der Waals surface area contributed by atoms with Crippen molar-refractivity contribution in [2.45, 2.75) is 13.5 Å². The van der Waals surface area contributed by atoms with E-state index in [4.69, 9.17) is 11.6 Å². The maximum absolute atomic E-state index is 5.80. The summed E-state index contributed by atoms with van der Waals surface area (Å²) >= 11 is 5.80. The van der Waals surface area contributed by atoms with Gasteiger partial charge in [-0.2, -0.15) is 15.0 Å². The molecule has 2 N–H and O–H groups in total. The molecule has 2 heterocycles. The molecule has 9 heteroatoms. The third-order valence-corrected chi connectivity index (χ3v) is 2.32. The van der Waals surface area contributed by atoms with Crippen molar-refractivity contribution in [1.82, 2.24) is 29.7 Å². The molecule has 2 aromatic heterocycles. The number of rotatable bonds is 5. The Balaban J connectivity index is 2.07. The number of hydrogen-bond acceptors (Lipinski definition) is 7. The second-order valence-corrected chi connectivity index (χ2v) is 3.83. The molecule has 0 aliphatic rings. The lowest BCUT2D eigenvalue weighted by atomic mass is 10.6. The largest absolute Gasteiger partial charge is 0.354 e. The molecule has 8 nitrogen and oxygen atoms in total. The second kappa shape index (κ2) is 5.58. The zero-order valence-electron chi connectivity index (χ0n) is 10.1. The van der Waals surface area contributed by atoms with E-state index in [9.17, 15) is 0 Å². The van der Waals surface area contributed by atoms with Gasteiger partial charge in [0.1, 0.15) is 6.33 Å². The van der Waals surface area contributed by atoms with Crippen LogP contribution in [0.5, 0.6) is 0 Å². The van der Waals surface area contributed by atoms with E-state index in [0.717, 1.165) is 5.82 Å². The normalized spacial score (nSPS) is 10.4. The summed E-state index contributed by atoms with van der Waals surface area (Å²) < 4.78 is 1.81. The van der Waals surface area contributed by atoms with Gasteiger partial charge in [-0.05, 0) is 18.5 Å². The molecule has 0 aliphatic carbocycles. The highest BCUT2D eigenvalue weighted by atomic mass is 35.5. The SMILES string of the molecule is CCNc1nc(Cl)nc(NCc2nncn2C)n1.